The molecule has 2 rings (SSSR count). The number of aromatic amines is 1. The Balaban J connectivity index is 2.05. The van der Waals surface area contributed by atoms with Gasteiger partial charge in [-0.2, -0.15) is 0 Å². The molecule has 1 aromatic carbocycles. The summed E-state index contributed by atoms with van der Waals surface area (Å²) in [5.41, 5.74) is 1.70. The number of aromatic nitrogens is 2. The molecule has 5 heteroatoms. The molecule has 0 aliphatic heterocycles. The highest BCUT2D eigenvalue weighted by Gasteiger charge is 2.09. The van der Waals surface area contributed by atoms with Gasteiger partial charge in [0.2, 0.25) is 0 Å². The maximum absolute atomic E-state index is 11.8. The Morgan fingerprint density at radius 2 is 2.28 bits per heavy atom. The van der Waals surface area contributed by atoms with Gasteiger partial charge in [-0.3, -0.25) is 9.59 Å². The van der Waals surface area contributed by atoms with Gasteiger partial charge in [-0.25, -0.2) is 4.98 Å². The predicted octanol–water partition coefficient (Wildman–Crippen LogP) is 1.01. The molecule has 0 radical (unpaired) electrons. The summed E-state index contributed by atoms with van der Waals surface area (Å²) in [4.78, 5) is 29.2. The number of carbonyl (C=O) groups is 1. The third-order valence-corrected chi connectivity index (χ3v) is 2.50. The third-order valence-electron chi connectivity index (χ3n) is 2.50. The maximum atomic E-state index is 11.8. The normalized spacial score (nSPS) is 10.1. The molecule has 2 aromatic rings. The smallest absolute Gasteiger partial charge is 0.263 e. The molecule has 0 bridgehead atoms. The number of nitrogens with one attached hydrogen (secondary N) is 2. The molecule has 2 N–H and O–H groups in total. The van der Waals surface area contributed by atoms with E-state index in [-0.39, 0.29) is 5.56 Å². The second-order valence-corrected chi connectivity index (χ2v) is 3.97. The summed E-state index contributed by atoms with van der Waals surface area (Å²) in [6.07, 6.45) is 2.50. The van der Waals surface area contributed by atoms with Crippen molar-refractivity contribution in [3.05, 3.63) is 63.8 Å². The van der Waals surface area contributed by atoms with Crippen LogP contribution in [0.2, 0.25) is 0 Å². The van der Waals surface area contributed by atoms with Crippen molar-refractivity contribution < 1.29 is 4.79 Å². The highest BCUT2D eigenvalue weighted by Crippen LogP contribution is 2.03. The molecule has 0 aliphatic carbocycles. The Morgan fingerprint density at radius 3 is 3.00 bits per heavy atom. The van der Waals surface area contributed by atoms with Gasteiger partial charge in [0.25, 0.3) is 11.5 Å². The molecule has 0 unspecified atom stereocenters. The Kier molecular flexibility index (Phi) is 3.52. The number of H-pyrrole nitrogens is 1. The van der Waals surface area contributed by atoms with E-state index in [1.54, 1.807) is 0 Å². The fourth-order valence-electron chi connectivity index (χ4n) is 1.61. The zero-order chi connectivity index (χ0) is 13.0. The Hall–Kier alpha value is -2.43. The highest BCUT2D eigenvalue weighted by molar-refractivity contribution is 5.93. The van der Waals surface area contributed by atoms with Crippen LogP contribution in [-0.2, 0) is 6.54 Å². The maximum Gasteiger partial charge on any atom is 0.263 e. The zero-order valence-corrected chi connectivity index (χ0v) is 9.93. The minimum absolute atomic E-state index is 0.0187. The monoisotopic (exact) mass is 243 g/mol. The number of aryl methyl sites for hydroxylation is 1. The zero-order valence-electron chi connectivity index (χ0n) is 9.93. The van der Waals surface area contributed by atoms with Crippen molar-refractivity contribution in [2.75, 3.05) is 0 Å². The van der Waals surface area contributed by atoms with E-state index < -0.39 is 11.5 Å². The second kappa shape index (κ2) is 5.27. The van der Waals surface area contributed by atoms with E-state index in [0.29, 0.717) is 6.54 Å². The molecule has 5 nitrogen and oxygen atoms in total. The lowest BCUT2D eigenvalue weighted by Crippen LogP contribution is -2.29. The summed E-state index contributed by atoms with van der Waals surface area (Å²) in [5, 5.41) is 2.68. The average molecular weight is 243 g/mol. The molecular formula is C13H13N3O2. The molecular weight excluding hydrogens is 230 g/mol. The van der Waals surface area contributed by atoms with Gasteiger partial charge in [0.1, 0.15) is 5.56 Å². The summed E-state index contributed by atoms with van der Waals surface area (Å²) in [6, 6.07) is 7.80. The SMILES string of the molecule is Cc1cccc(CNC(=O)c2cnc[nH]c2=O)c1. The summed E-state index contributed by atoms with van der Waals surface area (Å²) >= 11 is 0. The van der Waals surface area contributed by atoms with Gasteiger partial charge < -0.3 is 10.3 Å². The van der Waals surface area contributed by atoms with Crippen LogP contribution in [0.25, 0.3) is 0 Å². The van der Waals surface area contributed by atoms with E-state index in [1.165, 1.54) is 12.5 Å². The van der Waals surface area contributed by atoms with Crippen LogP contribution in [0.4, 0.5) is 0 Å². The van der Waals surface area contributed by atoms with Gasteiger partial charge in [0.05, 0.1) is 6.33 Å². The number of amides is 1. The molecule has 0 atom stereocenters. The molecule has 1 amide bonds. The van der Waals surface area contributed by atoms with Crippen LogP contribution in [-0.4, -0.2) is 15.9 Å². The van der Waals surface area contributed by atoms with Crippen LogP contribution in [0.15, 0.2) is 41.6 Å². The molecule has 0 saturated heterocycles. The van der Waals surface area contributed by atoms with Crippen molar-refractivity contribution in [2.45, 2.75) is 13.5 Å². The standard InChI is InChI=1S/C13H13N3O2/c1-9-3-2-4-10(5-9)6-15-12(17)11-7-14-8-16-13(11)18/h2-5,7-8H,6H2,1H3,(H,15,17)(H,14,16,18). The molecule has 92 valence electrons. The molecule has 0 spiro atoms. The van der Waals surface area contributed by atoms with Crippen LogP contribution in [0.1, 0.15) is 21.5 Å². The topological polar surface area (TPSA) is 74.8 Å². The van der Waals surface area contributed by atoms with Crippen LogP contribution in [0.5, 0.6) is 0 Å². The first-order valence-electron chi connectivity index (χ1n) is 5.53. The molecule has 1 aromatic heterocycles. The van der Waals surface area contributed by atoms with E-state index in [1.807, 2.05) is 31.2 Å². The van der Waals surface area contributed by atoms with Crippen molar-refractivity contribution in [1.82, 2.24) is 15.3 Å². The van der Waals surface area contributed by atoms with Crippen molar-refractivity contribution in [3.63, 3.8) is 0 Å². The lowest BCUT2D eigenvalue weighted by molar-refractivity contribution is 0.0949. The first-order valence-corrected chi connectivity index (χ1v) is 5.53. The van der Waals surface area contributed by atoms with Crippen molar-refractivity contribution in [2.24, 2.45) is 0 Å². The van der Waals surface area contributed by atoms with Crippen LogP contribution >= 0.6 is 0 Å². The number of hydrogen-bond donors (Lipinski definition) is 2. The van der Waals surface area contributed by atoms with E-state index in [9.17, 15) is 9.59 Å². The highest BCUT2D eigenvalue weighted by atomic mass is 16.2. The molecule has 0 aliphatic rings. The summed E-state index contributed by atoms with van der Waals surface area (Å²) in [6.45, 7) is 2.37. The molecule has 18 heavy (non-hydrogen) atoms. The van der Waals surface area contributed by atoms with Gasteiger partial charge in [0, 0.05) is 12.7 Å². The first-order chi connectivity index (χ1) is 8.66. The van der Waals surface area contributed by atoms with E-state index in [4.69, 9.17) is 0 Å². The largest absolute Gasteiger partial charge is 0.348 e. The van der Waals surface area contributed by atoms with Crippen LogP contribution < -0.4 is 10.9 Å². The number of rotatable bonds is 3. The molecule has 0 saturated carbocycles. The number of benzene rings is 1. The summed E-state index contributed by atoms with van der Waals surface area (Å²) < 4.78 is 0. The number of nitrogens with zero attached hydrogens (tertiary/aromatic N) is 1. The van der Waals surface area contributed by atoms with Gasteiger partial charge >= 0.3 is 0 Å². The number of carbonyl (C=O) groups excluding carboxylic acids is 1. The summed E-state index contributed by atoms with van der Waals surface area (Å²) in [5.74, 6) is -0.425. The van der Waals surface area contributed by atoms with E-state index >= 15 is 0 Å². The lowest BCUT2D eigenvalue weighted by Gasteiger charge is -2.05. The fraction of sp³-hybridized carbons (Fsp3) is 0.154. The van der Waals surface area contributed by atoms with E-state index in [2.05, 4.69) is 15.3 Å². The lowest BCUT2D eigenvalue weighted by atomic mass is 10.1. The van der Waals surface area contributed by atoms with Crippen molar-refractivity contribution >= 4 is 5.91 Å². The van der Waals surface area contributed by atoms with E-state index in [0.717, 1.165) is 11.1 Å². The Bertz CT molecular complexity index is 619. The van der Waals surface area contributed by atoms with Crippen molar-refractivity contribution in [3.8, 4) is 0 Å². The van der Waals surface area contributed by atoms with Gasteiger partial charge in [-0.15, -0.1) is 0 Å². The minimum Gasteiger partial charge on any atom is -0.348 e. The molecule has 1 heterocycles. The molecule has 0 fully saturated rings. The predicted molar refractivity (Wildman–Crippen MR) is 67.2 cm³/mol. The van der Waals surface area contributed by atoms with Gasteiger partial charge in [0.15, 0.2) is 0 Å². The minimum atomic E-state index is -0.438. The van der Waals surface area contributed by atoms with Crippen molar-refractivity contribution in [1.29, 1.82) is 0 Å². The van der Waals surface area contributed by atoms with Gasteiger partial charge in [-0.05, 0) is 12.5 Å². The Morgan fingerprint density at radius 1 is 1.44 bits per heavy atom. The third kappa shape index (κ3) is 2.82. The second-order valence-electron chi connectivity index (χ2n) is 3.97. The average Bonchev–Trinajstić information content (AvgIpc) is 2.37. The quantitative estimate of drug-likeness (QED) is 0.844. The summed E-state index contributed by atoms with van der Waals surface area (Å²) in [7, 11) is 0. The van der Waals surface area contributed by atoms with Crippen LogP contribution in [0.3, 0.4) is 0 Å². The number of hydrogen-bond acceptors (Lipinski definition) is 3. The first kappa shape index (κ1) is 12.0. The van der Waals surface area contributed by atoms with Gasteiger partial charge in [-0.1, -0.05) is 29.8 Å². The Labute approximate surface area is 104 Å². The van der Waals surface area contributed by atoms with Crippen LogP contribution in [0, 0.1) is 6.92 Å². The fourth-order valence-corrected chi connectivity index (χ4v) is 1.61.